The van der Waals surface area contributed by atoms with Crippen LogP contribution >= 0.6 is 0 Å². The largest absolute Gasteiger partial charge is 0.412 e. The molecule has 0 spiro atoms. The molecule has 0 radical (unpaired) electrons. The highest BCUT2D eigenvalue weighted by atomic mass is 16.0. The quantitative estimate of drug-likeness (QED) is 0.0594. The number of nitrogens with zero attached hydrogens (tertiary/aromatic N) is 3. The maximum atomic E-state index is 5.47. The Labute approximate surface area is 493 Å². The molecule has 0 aliphatic carbocycles. The number of hydrogen-bond donors (Lipinski definition) is 2. The van der Waals surface area contributed by atoms with E-state index in [2.05, 4.69) is 75.4 Å². The first-order valence-electron chi connectivity index (χ1n) is 34.6. The molecule has 1 fully saturated rings. The van der Waals surface area contributed by atoms with Gasteiger partial charge in [-0.1, -0.05) is 360 Å². The molecule has 77 heavy (non-hydrogen) atoms. The molecular weight excluding hydrogens is 939 g/mol. The van der Waals surface area contributed by atoms with Crippen LogP contribution in [0.1, 0.15) is 386 Å². The van der Waals surface area contributed by atoms with Crippen LogP contribution in [-0.2, 0) is 0 Å². The Bertz CT molecular complexity index is 852. The molecule has 0 bridgehead atoms. The van der Waals surface area contributed by atoms with Crippen molar-refractivity contribution in [1.82, 2.24) is 20.0 Å². The molecule has 1 rings (SSSR count). The average molecular weight is 1100 g/mol. The van der Waals surface area contributed by atoms with Gasteiger partial charge < -0.3 is 26.3 Å². The minimum absolute atomic E-state index is 0. The van der Waals surface area contributed by atoms with Crippen molar-refractivity contribution >= 4 is 0 Å². The topological polar surface area (TPSA) is 79.3 Å². The first-order valence-corrected chi connectivity index (χ1v) is 34.6. The zero-order valence-corrected chi connectivity index (χ0v) is 53.3. The van der Waals surface area contributed by atoms with Gasteiger partial charge in [-0.2, -0.15) is 0 Å². The van der Waals surface area contributed by atoms with Gasteiger partial charge in [-0.3, -0.25) is 4.90 Å². The zero-order chi connectivity index (χ0) is 53.9. The van der Waals surface area contributed by atoms with Crippen molar-refractivity contribution in [3.63, 3.8) is 0 Å². The van der Waals surface area contributed by atoms with Gasteiger partial charge in [0.2, 0.25) is 0 Å². The Morgan fingerprint density at radius 3 is 0.714 bits per heavy atom. The number of unbranched alkanes of at least 4 members (excludes halogenated alkanes) is 43. The molecule has 5 N–H and O–H groups in total. The summed E-state index contributed by atoms with van der Waals surface area (Å²) in [5, 5.41) is 3.63. The monoisotopic (exact) mass is 1100 g/mol. The fourth-order valence-corrected chi connectivity index (χ4v) is 10.4. The van der Waals surface area contributed by atoms with E-state index in [0.717, 1.165) is 13.1 Å². The molecule has 0 saturated carbocycles. The molecule has 0 aromatic heterocycles. The minimum atomic E-state index is 0. The second-order valence-corrected chi connectivity index (χ2v) is 23.1. The number of nitrogens with one attached hydrogen (secondary N) is 1. The van der Waals surface area contributed by atoms with Gasteiger partial charge in [-0.15, -0.1) is 0 Å². The molecule has 1 heterocycles. The maximum absolute atomic E-state index is 5.47. The molecule has 1 aliphatic heterocycles. The van der Waals surface area contributed by atoms with Crippen LogP contribution < -0.4 is 11.1 Å². The van der Waals surface area contributed by atoms with E-state index in [0.29, 0.717) is 0 Å². The highest BCUT2D eigenvalue weighted by Crippen LogP contribution is 2.15. The van der Waals surface area contributed by atoms with Crippen LogP contribution in [0.3, 0.4) is 0 Å². The average Bonchev–Trinajstić information content (AvgIpc) is 3.41. The third kappa shape index (κ3) is 84.7. The molecule has 476 valence electrons. The van der Waals surface area contributed by atoms with Crippen LogP contribution in [0.4, 0.5) is 0 Å². The second kappa shape index (κ2) is 87.0. The predicted molar refractivity (Wildman–Crippen MR) is 362 cm³/mol. The Kier molecular flexibility index (Phi) is 102. The van der Waals surface area contributed by atoms with E-state index in [1.807, 2.05) is 0 Å². The fourth-order valence-electron chi connectivity index (χ4n) is 10.4. The Hall–Kier alpha value is -0.240. The molecule has 1 saturated heterocycles. The molecule has 0 unspecified atom stereocenters. The summed E-state index contributed by atoms with van der Waals surface area (Å²) in [7, 11) is 0. The number of piperazine rings is 1. The van der Waals surface area contributed by atoms with E-state index in [1.54, 1.807) is 0 Å². The lowest BCUT2D eigenvalue weighted by Crippen LogP contribution is -2.47. The highest BCUT2D eigenvalue weighted by Gasteiger charge is 2.13. The molecule has 0 amide bonds. The molecule has 6 heteroatoms. The van der Waals surface area contributed by atoms with Crippen molar-refractivity contribution in [1.29, 1.82) is 0 Å². The van der Waals surface area contributed by atoms with Gasteiger partial charge in [-0.25, -0.2) is 0 Å². The van der Waals surface area contributed by atoms with Crippen LogP contribution in [0, 0.1) is 0 Å². The zero-order valence-electron chi connectivity index (χ0n) is 53.3. The second-order valence-electron chi connectivity index (χ2n) is 23.1. The fraction of sp³-hybridized carbons (Fsp3) is 1.00. The molecule has 0 atom stereocenters. The molecular formula is C71H161N5O. The summed E-state index contributed by atoms with van der Waals surface area (Å²) >= 11 is 0. The van der Waals surface area contributed by atoms with Crippen molar-refractivity contribution in [2.75, 3.05) is 78.5 Å². The van der Waals surface area contributed by atoms with Crippen LogP contribution in [0.15, 0.2) is 0 Å². The van der Waals surface area contributed by atoms with Crippen molar-refractivity contribution in [2.45, 2.75) is 386 Å². The maximum Gasteiger partial charge on any atom is 0.0110 e. The Morgan fingerprint density at radius 2 is 0.506 bits per heavy atom. The van der Waals surface area contributed by atoms with Crippen LogP contribution in [-0.4, -0.2) is 98.7 Å². The van der Waals surface area contributed by atoms with Gasteiger partial charge in [0.1, 0.15) is 0 Å². The first-order chi connectivity index (χ1) is 36.0. The summed E-state index contributed by atoms with van der Waals surface area (Å²) in [6.45, 7) is 32.6. The summed E-state index contributed by atoms with van der Waals surface area (Å²) in [5.41, 5.74) is 5.47. The van der Waals surface area contributed by atoms with Crippen LogP contribution in [0.25, 0.3) is 0 Å². The third-order valence-corrected chi connectivity index (χ3v) is 15.8. The number of hydrogen-bond acceptors (Lipinski definition) is 5. The first kappa shape index (κ1) is 90.5. The lowest BCUT2D eigenvalue weighted by atomic mass is 10.1. The molecule has 0 aromatic rings. The summed E-state index contributed by atoms with van der Waals surface area (Å²) in [5.74, 6) is 0. The van der Waals surface area contributed by atoms with Gasteiger partial charge in [0, 0.05) is 39.3 Å². The van der Waals surface area contributed by atoms with Crippen LogP contribution in [0.2, 0.25) is 0 Å². The standard InChI is InChI=1S/C25H53N.C23H49N.C12H26.C8H19N3.3CH4.H2O/c1-4-7-9-11-13-15-17-19-21-23-25-26(6-3)24-22-20-18-16-14-12-10-8-5-2;1-3-5-7-9-11-13-15-17-19-21-23-24-22-20-18-16-14-12-10-8-6-4-2;1-3-5-7-9-11-12-10-8-6-4-2;1-2-10-5-7-11(4-3-9)8-6-10;;;;/h4-25H2,1-3H3;24H,3-23H2,1-2H3;3-12H2,1-2H3;2-9H2,1H3;3*1H4;1H2. The minimum Gasteiger partial charge on any atom is -0.412 e. The van der Waals surface area contributed by atoms with E-state index >= 15 is 0 Å². The van der Waals surface area contributed by atoms with E-state index in [1.165, 1.54) is 374 Å². The normalized spacial score (nSPS) is 12.2. The van der Waals surface area contributed by atoms with Gasteiger partial charge in [0.25, 0.3) is 0 Å². The smallest absolute Gasteiger partial charge is 0.0110 e. The number of likely N-dealkylation sites (N-methyl/N-ethyl adjacent to an activating group) is 1. The van der Waals surface area contributed by atoms with Crippen molar-refractivity contribution < 1.29 is 5.48 Å². The molecule has 0 aromatic carbocycles. The summed E-state index contributed by atoms with van der Waals surface area (Å²) in [6, 6.07) is 0. The van der Waals surface area contributed by atoms with Crippen molar-refractivity contribution in [3.8, 4) is 0 Å². The third-order valence-electron chi connectivity index (χ3n) is 15.8. The molecule has 1 aliphatic rings. The highest BCUT2D eigenvalue weighted by molar-refractivity contribution is 4.70. The number of nitrogens with two attached hydrogens (primary N) is 1. The van der Waals surface area contributed by atoms with E-state index in [9.17, 15) is 0 Å². The van der Waals surface area contributed by atoms with Crippen molar-refractivity contribution in [3.05, 3.63) is 0 Å². The predicted octanol–water partition coefficient (Wildman–Crippen LogP) is 22.4. The van der Waals surface area contributed by atoms with Crippen molar-refractivity contribution in [2.24, 2.45) is 5.73 Å². The Morgan fingerprint density at radius 1 is 0.299 bits per heavy atom. The molecule has 6 nitrogen and oxygen atoms in total. The lowest BCUT2D eigenvalue weighted by molar-refractivity contribution is 0.140. The number of rotatable bonds is 55. The summed E-state index contributed by atoms with van der Waals surface area (Å²) < 4.78 is 0. The summed E-state index contributed by atoms with van der Waals surface area (Å²) in [4.78, 5) is 7.60. The van der Waals surface area contributed by atoms with Gasteiger partial charge in [0.05, 0.1) is 0 Å². The van der Waals surface area contributed by atoms with E-state index in [-0.39, 0.29) is 27.8 Å². The Balaban J connectivity index is -0.000000176. The van der Waals surface area contributed by atoms with Gasteiger partial charge in [0.15, 0.2) is 0 Å². The lowest BCUT2D eigenvalue weighted by Gasteiger charge is -2.33. The van der Waals surface area contributed by atoms with Gasteiger partial charge >= 0.3 is 0 Å². The van der Waals surface area contributed by atoms with E-state index in [4.69, 9.17) is 5.73 Å². The van der Waals surface area contributed by atoms with E-state index < -0.39 is 0 Å². The summed E-state index contributed by atoms with van der Waals surface area (Å²) in [6.07, 6.45) is 69.2. The SMILES string of the molecule is C.C.C.CCCCCCCCCCCC.CCCCCCCCCCCCN(CC)CCCCCCCCCCC.CCCCCCCCCCCCNCCCCCCCCCCC.CCN1CCN(CCN)CC1.O. The van der Waals surface area contributed by atoms with Gasteiger partial charge in [-0.05, 0) is 65.0 Å². The van der Waals surface area contributed by atoms with Crippen LogP contribution in [0.5, 0.6) is 0 Å².